The fourth-order valence-corrected chi connectivity index (χ4v) is 5.69. The van der Waals surface area contributed by atoms with Crippen LogP contribution >= 0.6 is 11.3 Å². The number of fused-ring (bicyclic) bond motifs is 1. The van der Waals surface area contributed by atoms with E-state index in [1.54, 1.807) is 42.0 Å². The highest BCUT2D eigenvalue weighted by molar-refractivity contribution is 7.16. The van der Waals surface area contributed by atoms with Crippen LogP contribution in [0.3, 0.4) is 0 Å². The summed E-state index contributed by atoms with van der Waals surface area (Å²) in [6.07, 6.45) is 6.11. The fraction of sp³-hybridized carbons (Fsp3) is 0.407. The van der Waals surface area contributed by atoms with Crippen LogP contribution in [0.2, 0.25) is 0 Å². The molecule has 0 unspecified atom stereocenters. The highest BCUT2D eigenvalue weighted by Crippen LogP contribution is 2.45. The number of phenolic OH excluding ortho intramolecular Hbond substituents is 1. The normalized spacial score (nSPS) is 15.7. The van der Waals surface area contributed by atoms with Crippen LogP contribution in [0.15, 0.2) is 39.9 Å². The van der Waals surface area contributed by atoms with Crippen molar-refractivity contribution in [3.8, 4) is 17.2 Å². The average molecular weight is 497 g/mol. The van der Waals surface area contributed by atoms with Crippen LogP contribution in [-0.4, -0.2) is 31.4 Å². The number of amides is 1. The number of methoxy groups -OCH3 is 2. The second-order valence-electron chi connectivity index (χ2n) is 9.78. The van der Waals surface area contributed by atoms with Crippen LogP contribution < -0.4 is 14.8 Å². The SMILES string of the molecule is COc1cc(C=Nc2sc3c(c2C(=O)NCc2ccco2)CC[C@H](C(C)(C)C)C3)cc(OC)c1O. The molecule has 7 nitrogen and oxygen atoms in total. The van der Waals surface area contributed by atoms with Gasteiger partial charge in [0.15, 0.2) is 11.5 Å². The van der Waals surface area contributed by atoms with Crippen LogP contribution in [0.25, 0.3) is 0 Å². The number of aliphatic imine (C=N–C) groups is 1. The molecule has 3 aromatic rings. The Morgan fingerprint density at radius 2 is 2.00 bits per heavy atom. The van der Waals surface area contributed by atoms with Crippen molar-refractivity contribution in [2.45, 2.75) is 46.6 Å². The number of carbonyl (C=O) groups is 1. The van der Waals surface area contributed by atoms with E-state index in [2.05, 4.69) is 26.1 Å². The van der Waals surface area contributed by atoms with Crippen LogP contribution in [0.1, 0.15) is 59.3 Å². The average Bonchev–Trinajstić information content (AvgIpc) is 3.48. The van der Waals surface area contributed by atoms with Crippen LogP contribution in [0.5, 0.6) is 17.2 Å². The molecule has 1 aliphatic carbocycles. The maximum absolute atomic E-state index is 13.3. The maximum atomic E-state index is 13.3. The molecule has 1 atom stereocenters. The lowest BCUT2D eigenvalue weighted by molar-refractivity contribution is 0.0947. The van der Waals surface area contributed by atoms with Gasteiger partial charge in [0, 0.05) is 16.7 Å². The minimum absolute atomic E-state index is 0.0649. The van der Waals surface area contributed by atoms with Crippen molar-refractivity contribution in [3.05, 3.63) is 57.9 Å². The third-order valence-corrected chi connectivity index (χ3v) is 7.70. The molecule has 1 amide bonds. The first kappa shape index (κ1) is 24.9. The van der Waals surface area contributed by atoms with Gasteiger partial charge in [0.25, 0.3) is 5.91 Å². The summed E-state index contributed by atoms with van der Waals surface area (Å²) in [6, 6.07) is 7.00. The van der Waals surface area contributed by atoms with Crippen molar-refractivity contribution in [2.24, 2.45) is 16.3 Å². The Balaban J connectivity index is 1.69. The largest absolute Gasteiger partial charge is 0.502 e. The molecule has 8 heteroatoms. The third kappa shape index (κ3) is 5.37. The summed E-state index contributed by atoms with van der Waals surface area (Å²) in [4.78, 5) is 19.3. The number of phenols is 1. The third-order valence-electron chi connectivity index (χ3n) is 6.53. The molecule has 2 aromatic heterocycles. The summed E-state index contributed by atoms with van der Waals surface area (Å²) in [5.41, 5.74) is 2.63. The monoisotopic (exact) mass is 496 g/mol. The van der Waals surface area contributed by atoms with Crippen molar-refractivity contribution in [1.29, 1.82) is 0 Å². The van der Waals surface area contributed by atoms with E-state index in [0.29, 0.717) is 45.8 Å². The van der Waals surface area contributed by atoms with Crippen LogP contribution in [0, 0.1) is 11.3 Å². The minimum Gasteiger partial charge on any atom is -0.502 e. The standard InChI is InChI=1S/C27H32N2O5S/c1-27(2,3)17-8-9-19-22(13-17)35-26(23(19)25(31)28-15-18-7-6-10-34-18)29-14-16-11-20(32-4)24(30)21(12-16)33-5/h6-7,10-12,14,17,30H,8-9,13,15H2,1-5H3,(H,28,31)/t17-/m0/s1. The zero-order chi connectivity index (χ0) is 25.2. The number of aromatic hydroxyl groups is 1. The van der Waals surface area contributed by atoms with Crippen molar-refractivity contribution in [1.82, 2.24) is 5.32 Å². The Bertz CT molecular complexity index is 1200. The summed E-state index contributed by atoms with van der Waals surface area (Å²) in [6.45, 7) is 7.14. The van der Waals surface area contributed by atoms with Gasteiger partial charge in [-0.1, -0.05) is 20.8 Å². The summed E-state index contributed by atoms with van der Waals surface area (Å²) in [7, 11) is 2.96. The number of benzene rings is 1. The molecule has 0 bridgehead atoms. The van der Waals surface area contributed by atoms with Gasteiger partial charge in [0.2, 0.25) is 5.75 Å². The van der Waals surface area contributed by atoms with Gasteiger partial charge in [-0.2, -0.15) is 0 Å². The van der Waals surface area contributed by atoms with E-state index in [1.807, 2.05) is 6.07 Å². The predicted octanol–water partition coefficient (Wildman–Crippen LogP) is 5.90. The number of nitrogens with one attached hydrogen (secondary N) is 1. The van der Waals surface area contributed by atoms with E-state index < -0.39 is 0 Å². The number of ether oxygens (including phenoxy) is 2. The number of rotatable bonds is 7. The lowest BCUT2D eigenvalue weighted by Crippen LogP contribution is -2.28. The molecule has 0 fully saturated rings. The molecule has 0 spiro atoms. The van der Waals surface area contributed by atoms with E-state index in [0.717, 1.165) is 24.8 Å². The van der Waals surface area contributed by atoms with E-state index in [1.165, 1.54) is 19.1 Å². The molecular formula is C27H32N2O5S. The molecule has 0 saturated heterocycles. The first-order chi connectivity index (χ1) is 16.7. The van der Waals surface area contributed by atoms with Gasteiger partial charge in [-0.3, -0.25) is 4.79 Å². The number of thiophene rings is 1. The Labute approximate surface area is 209 Å². The van der Waals surface area contributed by atoms with Crippen molar-refractivity contribution in [2.75, 3.05) is 14.2 Å². The van der Waals surface area contributed by atoms with Gasteiger partial charge in [0.05, 0.1) is 32.6 Å². The molecule has 2 N–H and O–H groups in total. The molecule has 0 radical (unpaired) electrons. The smallest absolute Gasteiger partial charge is 0.255 e. The Morgan fingerprint density at radius 1 is 1.29 bits per heavy atom. The highest BCUT2D eigenvalue weighted by Gasteiger charge is 2.33. The van der Waals surface area contributed by atoms with Gasteiger partial charge in [0.1, 0.15) is 10.8 Å². The van der Waals surface area contributed by atoms with Crippen molar-refractivity contribution < 1.29 is 23.8 Å². The minimum atomic E-state index is -0.152. The number of nitrogens with zero attached hydrogens (tertiary/aromatic N) is 1. The quantitative estimate of drug-likeness (QED) is 0.398. The fourth-order valence-electron chi connectivity index (χ4n) is 4.43. The van der Waals surface area contributed by atoms with Crippen molar-refractivity contribution >= 4 is 28.5 Å². The van der Waals surface area contributed by atoms with Crippen LogP contribution in [-0.2, 0) is 19.4 Å². The molecule has 2 heterocycles. The second kappa shape index (κ2) is 10.2. The number of carbonyl (C=O) groups excluding carboxylic acids is 1. The molecule has 35 heavy (non-hydrogen) atoms. The van der Waals surface area contributed by atoms with Crippen LogP contribution in [0.4, 0.5) is 5.00 Å². The lowest BCUT2D eigenvalue weighted by Gasteiger charge is -2.33. The maximum Gasteiger partial charge on any atom is 0.255 e. The predicted molar refractivity (Wildman–Crippen MR) is 138 cm³/mol. The van der Waals surface area contributed by atoms with Gasteiger partial charge in [-0.15, -0.1) is 11.3 Å². The summed E-state index contributed by atoms with van der Waals surface area (Å²) >= 11 is 1.58. The summed E-state index contributed by atoms with van der Waals surface area (Å²) in [5.74, 6) is 1.62. The van der Waals surface area contributed by atoms with Gasteiger partial charge in [-0.25, -0.2) is 4.99 Å². The molecule has 186 valence electrons. The number of hydrogen-bond donors (Lipinski definition) is 2. The van der Waals surface area contributed by atoms with Gasteiger partial charge < -0.3 is 24.3 Å². The van der Waals surface area contributed by atoms with Gasteiger partial charge in [-0.05, 0) is 60.4 Å². The molecule has 0 aliphatic heterocycles. The first-order valence-electron chi connectivity index (χ1n) is 11.7. The Hall–Kier alpha value is -3.26. The van der Waals surface area contributed by atoms with E-state index >= 15 is 0 Å². The van der Waals surface area contributed by atoms with Gasteiger partial charge >= 0.3 is 0 Å². The highest BCUT2D eigenvalue weighted by atomic mass is 32.1. The zero-order valence-electron chi connectivity index (χ0n) is 20.8. The Kier molecular flexibility index (Phi) is 7.21. The van der Waals surface area contributed by atoms with E-state index in [4.69, 9.17) is 18.9 Å². The first-order valence-corrected chi connectivity index (χ1v) is 12.5. The molecule has 4 rings (SSSR count). The summed E-state index contributed by atoms with van der Waals surface area (Å²) < 4.78 is 15.9. The molecular weight excluding hydrogens is 464 g/mol. The summed E-state index contributed by atoms with van der Waals surface area (Å²) in [5, 5.41) is 13.9. The zero-order valence-corrected chi connectivity index (χ0v) is 21.6. The lowest BCUT2D eigenvalue weighted by atomic mass is 9.72. The molecule has 1 aliphatic rings. The molecule has 0 saturated carbocycles. The molecule has 1 aromatic carbocycles. The number of hydrogen-bond acceptors (Lipinski definition) is 7. The second-order valence-corrected chi connectivity index (χ2v) is 10.9. The topological polar surface area (TPSA) is 93.3 Å². The number of furan rings is 1. The van der Waals surface area contributed by atoms with Crippen molar-refractivity contribution in [3.63, 3.8) is 0 Å². The Morgan fingerprint density at radius 3 is 2.60 bits per heavy atom. The van der Waals surface area contributed by atoms with E-state index in [9.17, 15) is 9.90 Å². The van der Waals surface area contributed by atoms with E-state index in [-0.39, 0.29) is 17.1 Å².